The van der Waals surface area contributed by atoms with Crippen LogP contribution in [0.3, 0.4) is 0 Å². The molecular weight excluding hydrogens is 288 g/mol. The highest BCUT2D eigenvalue weighted by Crippen LogP contribution is 2.18. The molecule has 0 radical (unpaired) electrons. The summed E-state index contributed by atoms with van der Waals surface area (Å²) in [4.78, 5) is 4.10. The van der Waals surface area contributed by atoms with Crippen LogP contribution in [0.1, 0.15) is 5.56 Å². The minimum Gasteiger partial charge on any atom is -0.373 e. The number of benzene rings is 1. The smallest absolute Gasteiger partial charge is 0.262 e. The van der Waals surface area contributed by atoms with Crippen molar-refractivity contribution in [2.75, 3.05) is 17.1 Å². The first kappa shape index (κ1) is 14.8. The van der Waals surface area contributed by atoms with E-state index >= 15 is 0 Å². The average molecular weight is 302 g/mol. The lowest BCUT2D eigenvalue weighted by atomic mass is 10.1. The Morgan fingerprint density at radius 2 is 1.95 bits per heavy atom. The van der Waals surface area contributed by atoms with Gasteiger partial charge >= 0.3 is 0 Å². The maximum atomic E-state index is 12.3. The quantitative estimate of drug-likeness (QED) is 0.880. The topological polar surface area (TPSA) is 94.9 Å². The van der Waals surface area contributed by atoms with Crippen molar-refractivity contribution in [1.29, 1.82) is 5.26 Å². The summed E-state index contributed by atoms with van der Waals surface area (Å²) in [6, 6.07) is 11.6. The molecule has 0 spiro atoms. The molecule has 2 rings (SSSR count). The predicted molar refractivity (Wildman–Crippen MR) is 80.4 cm³/mol. The SMILES string of the molecule is CNc1cc(S(=O)(=O)Nc2ccc(CC#N)cc2)ccn1. The summed E-state index contributed by atoms with van der Waals surface area (Å²) in [6.07, 6.45) is 1.72. The van der Waals surface area contributed by atoms with Crippen LogP contribution >= 0.6 is 0 Å². The van der Waals surface area contributed by atoms with Crippen LogP contribution < -0.4 is 10.0 Å². The molecule has 21 heavy (non-hydrogen) atoms. The molecule has 7 heteroatoms. The normalized spacial score (nSPS) is 10.7. The largest absolute Gasteiger partial charge is 0.373 e. The zero-order chi connectivity index (χ0) is 15.3. The Balaban J connectivity index is 2.22. The van der Waals surface area contributed by atoms with Gasteiger partial charge in [0, 0.05) is 25.0 Å². The Morgan fingerprint density at radius 1 is 1.24 bits per heavy atom. The number of nitrogens with zero attached hydrogens (tertiary/aromatic N) is 2. The van der Waals surface area contributed by atoms with E-state index < -0.39 is 10.0 Å². The molecule has 1 aromatic heterocycles. The number of sulfonamides is 1. The molecule has 0 saturated carbocycles. The van der Waals surface area contributed by atoms with E-state index in [0.717, 1.165) is 5.56 Å². The van der Waals surface area contributed by atoms with Gasteiger partial charge in [-0.25, -0.2) is 13.4 Å². The Labute approximate surface area is 123 Å². The second kappa shape index (κ2) is 6.24. The number of nitriles is 1. The van der Waals surface area contributed by atoms with E-state index in [1.54, 1.807) is 31.3 Å². The molecule has 0 unspecified atom stereocenters. The number of nitrogens with one attached hydrogen (secondary N) is 2. The van der Waals surface area contributed by atoms with Crippen LogP contribution in [0.2, 0.25) is 0 Å². The highest BCUT2D eigenvalue weighted by Gasteiger charge is 2.14. The van der Waals surface area contributed by atoms with Gasteiger partial charge in [0.1, 0.15) is 5.82 Å². The summed E-state index contributed by atoms with van der Waals surface area (Å²) in [5, 5.41) is 11.4. The van der Waals surface area contributed by atoms with Crippen molar-refractivity contribution in [3.63, 3.8) is 0 Å². The van der Waals surface area contributed by atoms with E-state index in [0.29, 0.717) is 17.9 Å². The van der Waals surface area contributed by atoms with Gasteiger partial charge in [0.15, 0.2) is 0 Å². The number of pyridine rings is 1. The lowest BCUT2D eigenvalue weighted by molar-refractivity contribution is 0.601. The fourth-order valence-electron chi connectivity index (χ4n) is 1.71. The molecule has 0 atom stereocenters. The lowest BCUT2D eigenvalue weighted by Crippen LogP contribution is -2.13. The van der Waals surface area contributed by atoms with Crippen LogP contribution in [-0.2, 0) is 16.4 Å². The molecule has 0 saturated heterocycles. The zero-order valence-corrected chi connectivity index (χ0v) is 12.2. The Bertz CT molecular complexity index is 764. The molecule has 0 aliphatic carbocycles. The van der Waals surface area contributed by atoms with Crippen LogP contribution in [0.15, 0.2) is 47.5 Å². The zero-order valence-electron chi connectivity index (χ0n) is 11.4. The summed E-state index contributed by atoms with van der Waals surface area (Å²) >= 11 is 0. The van der Waals surface area contributed by atoms with Crippen molar-refractivity contribution in [2.45, 2.75) is 11.3 Å². The molecule has 0 amide bonds. The standard InChI is InChI=1S/C14H14N4O2S/c1-16-14-10-13(7-9-17-14)21(19,20)18-12-4-2-11(3-5-12)6-8-15/h2-5,7,9-10,18H,6H2,1H3,(H,16,17). The van der Waals surface area contributed by atoms with Gasteiger partial charge in [0.05, 0.1) is 17.4 Å². The van der Waals surface area contributed by atoms with Gasteiger partial charge in [0.2, 0.25) is 0 Å². The number of anilines is 2. The van der Waals surface area contributed by atoms with Gasteiger partial charge in [-0.3, -0.25) is 4.72 Å². The van der Waals surface area contributed by atoms with E-state index in [1.807, 2.05) is 6.07 Å². The van der Waals surface area contributed by atoms with Crippen molar-refractivity contribution in [1.82, 2.24) is 4.98 Å². The van der Waals surface area contributed by atoms with Crippen molar-refractivity contribution in [3.05, 3.63) is 48.2 Å². The van der Waals surface area contributed by atoms with Gasteiger partial charge in [0.25, 0.3) is 10.0 Å². The maximum Gasteiger partial charge on any atom is 0.262 e. The fourth-order valence-corrected chi connectivity index (χ4v) is 2.78. The number of hydrogen-bond donors (Lipinski definition) is 2. The van der Waals surface area contributed by atoms with E-state index in [-0.39, 0.29) is 4.90 Å². The highest BCUT2D eigenvalue weighted by molar-refractivity contribution is 7.92. The minimum atomic E-state index is -3.67. The molecule has 6 nitrogen and oxygen atoms in total. The molecular formula is C14H14N4O2S. The number of rotatable bonds is 5. The van der Waals surface area contributed by atoms with E-state index in [9.17, 15) is 8.42 Å². The minimum absolute atomic E-state index is 0.128. The molecule has 0 fully saturated rings. The fraction of sp³-hybridized carbons (Fsp3) is 0.143. The van der Waals surface area contributed by atoms with Crippen LogP contribution in [0, 0.1) is 11.3 Å². The molecule has 0 bridgehead atoms. The van der Waals surface area contributed by atoms with Gasteiger partial charge in [-0.05, 0) is 23.8 Å². The van der Waals surface area contributed by atoms with Crippen molar-refractivity contribution in [3.8, 4) is 6.07 Å². The molecule has 2 N–H and O–H groups in total. The van der Waals surface area contributed by atoms with Crippen molar-refractivity contribution >= 4 is 21.5 Å². The van der Waals surface area contributed by atoms with Gasteiger partial charge in [-0.15, -0.1) is 0 Å². The first-order valence-corrected chi connectivity index (χ1v) is 7.66. The molecule has 0 aliphatic rings. The number of hydrogen-bond acceptors (Lipinski definition) is 5. The molecule has 2 aromatic rings. The average Bonchev–Trinajstić information content (AvgIpc) is 2.49. The first-order valence-electron chi connectivity index (χ1n) is 6.17. The predicted octanol–water partition coefficient (Wildman–Crippen LogP) is 1.99. The highest BCUT2D eigenvalue weighted by atomic mass is 32.2. The van der Waals surface area contributed by atoms with Gasteiger partial charge in [-0.1, -0.05) is 12.1 Å². The van der Waals surface area contributed by atoms with Crippen LogP contribution in [0.4, 0.5) is 11.5 Å². The van der Waals surface area contributed by atoms with Crippen molar-refractivity contribution in [2.24, 2.45) is 0 Å². The summed E-state index contributed by atoms with van der Waals surface area (Å²) in [5.41, 5.74) is 1.28. The second-order valence-electron chi connectivity index (χ2n) is 4.26. The Hall–Kier alpha value is -2.59. The Kier molecular flexibility index (Phi) is 4.40. The van der Waals surface area contributed by atoms with Gasteiger partial charge < -0.3 is 5.32 Å². The van der Waals surface area contributed by atoms with Crippen LogP contribution in [0.5, 0.6) is 0 Å². The second-order valence-corrected chi connectivity index (χ2v) is 5.95. The van der Waals surface area contributed by atoms with E-state index in [2.05, 4.69) is 15.0 Å². The monoisotopic (exact) mass is 302 g/mol. The molecule has 1 aromatic carbocycles. The van der Waals surface area contributed by atoms with Gasteiger partial charge in [-0.2, -0.15) is 5.26 Å². The first-order chi connectivity index (χ1) is 10.0. The third-order valence-corrected chi connectivity index (χ3v) is 4.17. The summed E-state index contributed by atoms with van der Waals surface area (Å²) in [6.45, 7) is 0. The third-order valence-electron chi connectivity index (χ3n) is 2.79. The summed E-state index contributed by atoms with van der Waals surface area (Å²) < 4.78 is 27.0. The van der Waals surface area contributed by atoms with Crippen LogP contribution in [0.25, 0.3) is 0 Å². The maximum absolute atomic E-state index is 12.3. The number of aromatic nitrogens is 1. The van der Waals surface area contributed by atoms with Crippen LogP contribution in [-0.4, -0.2) is 20.4 Å². The summed E-state index contributed by atoms with van der Waals surface area (Å²) in [7, 11) is -2.00. The Morgan fingerprint density at radius 3 is 2.57 bits per heavy atom. The lowest BCUT2D eigenvalue weighted by Gasteiger charge is -2.09. The molecule has 1 heterocycles. The molecule has 108 valence electrons. The third kappa shape index (κ3) is 3.70. The van der Waals surface area contributed by atoms with Crippen molar-refractivity contribution < 1.29 is 8.42 Å². The summed E-state index contributed by atoms with van der Waals surface area (Å²) in [5.74, 6) is 0.474. The molecule has 0 aliphatic heterocycles. The van der Waals surface area contributed by atoms with E-state index in [1.165, 1.54) is 18.3 Å². The van der Waals surface area contributed by atoms with E-state index in [4.69, 9.17) is 5.26 Å².